The van der Waals surface area contributed by atoms with Crippen molar-refractivity contribution in [3.8, 4) is 0 Å². The van der Waals surface area contributed by atoms with E-state index >= 15 is 0 Å². The Morgan fingerprint density at radius 3 is 2.55 bits per heavy atom. The number of nitrogens with zero attached hydrogens (tertiary/aromatic N) is 3. The molecule has 0 unspecified atom stereocenters. The average Bonchev–Trinajstić information content (AvgIpc) is 2.65. The molecule has 0 spiro atoms. The Bertz CT molecular complexity index is 1140. The van der Waals surface area contributed by atoms with Crippen LogP contribution in [0.5, 0.6) is 0 Å². The highest BCUT2D eigenvalue weighted by Gasteiger charge is 2.33. The minimum absolute atomic E-state index is 0.210. The number of nitrogens with one attached hydrogen (secondary N) is 1. The molecule has 2 aromatic rings. The van der Waals surface area contributed by atoms with E-state index in [1.165, 1.54) is 24.3 Å². The number of nitro groups is 1. The first-order valence-corrected chi connectivity index (χ1v) is 10.4. The SMILES string of the molecule is CS(=O)(=O)N(CC(=O)N/N=C\c1cccc([N+](=O)[O-])c1)c1cc(C(F)(F)F)ccc1Cl. The number of hydrazone groups is 1. The van der Waals surface area contributed by atoms with Crippen molar-refractivity contribution >= 4 is 45.1 Å². The highest BCUT2D eigenvalue weighted by molar-refractivity contribution is 7.92. The summed E-state index contributed by atoms with van der Waals surface area (Å²) < 4.78 is 63.5. The molecule has 0 radical (unpaired) electrons. The fourth-order valence-electron chi connectivity index (χ4n) is 2.32. The molecule has 166 valence electrons. The molecule has 0 aliphatic rings. The van der Waals surface area contributed by atoms with E-state index in [4.69, 9.17) is 11.6 Å². The van der Waals surface area contributed by atoms with Gasteiger partial charge in [0.2, 0.25) is 10.0 Å². The van der Waals surface area contributed by atoms with Gasteiger partial charge in [0, 0.05) is 17.7 Å². The van der Waals surface area contributed by atoms with Crippen molar-refractivity contribution in [2.75, 3.05) is 17.1 Å². The third-order valence-corrected chi connectivity index (χ3v) is 5.16. The zero-order valence-electron chi connectivity index (χ0n) is 15.6. The van der Waals surface area contributed by atoms with Gasteiger partial charge in [-0.25, -0.2) is 13.8 Å². The Labute approximate surface area is 179 Å². The molecule has 14 heteroatoms. The van der Waals surface area contributed by atoms with E-state index in [-0.39, 0.29) is 16.3 Å². The maximum absolute atomic E-state index is 13.0. The molecule has 0 atom stereocenters. The molecule has 2 aromatic carbocycles. The summed E-state index contributed by atoms with van der Waals surface area (Å²) in [4.78, 5) is 22.2. The quantitative estimate of drug-likeness (QED) is 0.372. The maximum atomic E-state index is 13.0. The first-order valence-electron chi connectivity index (χ1n) is 8.20. The predicted molar refractivity (Wildman–Crippen MR) is 107 cm³/mol. The zero-order chi connectivity index (χ0) is 23.4. The molecule has 0 heterocycles. The Kier molecular flexibility index (Phi) is 7.23. The number of amides is 1. The molecule has 9 nitrogen and oxygen atoms in total. The highest BCUT2D eigenvalue weighted by Crippen LogP contribution is 2.36. The van der Waals surface area contributed by atoms with Crippen LogP contribution in [0, 0.1) is 10.1 Å². The first kappa shape index (κ1) is 24.1. The second kappa shape index (κ2) is 9.31. The lowest BCUT2D eigenvalue weighted by Gasteiger charge is -2.23. The van der Waals surface area contributed by atoms with Crippen molar-refractivity contribution in [3.63, 3.8) is 0 Å². The Morgan fingerprint density at radius 2 is 1.97 bits per heavy atom. The number of hydrogen-bond acceptors (Lipinski definition) is 6. The van der Waals surface area contributed by atoms with E-state index in [1.807, 2.05) is 5.43 Å². The van der Waals surface area contributed by atoms with Gasteiger partial charge in [0.15, 0.2) is 0 Å². The Hall–Kier alpha value is -3.19. The Balaban J connectivity index is 2.22. The average molecular weight is 479 g/mol. The Morgan fingerprint density at radius 1 is 1.29 bits per heavy atom. The number of non-ortho nitro benzene ring substituents is 1. The number of alkyl halides is 3. The number of halogens is 4. The number of anilines is 1. The lowest BCUT2D eigenvalue weighted by molar-refractivity contribution is -0.384. The summed E-state index contributed by atoms with van der Waals surface area (Å²) in [5, 5.41) is 14.0. The molecule has 2 rings (SSSR count). The predicted octanol–water partition coefficient (Wildman–Crippen LogP) is 3.18. The van der Waals surface area contributed by atoms with Crippen LogP contribution < -0.4 is 9.73 Å². The molecule has 0 saturated heterocycles. The van der Waals surface area contributed by atoms with Crippen LogP contribution in [0.3, 0.4) is 0 Å². The molecule has 0 aliphatic heterocycles. The van der Waals surface area contributed by atoms with Gasteiger partial charge in [0.1, 0.15) is 6.54 Å². The lowest BCUT2D eigenvalue weighted by Crippen LogP contribution is -2.39. The topological polar surface area (TPSA) is 122 Å². The third kappa shape index (κ3) is 6.65. The van der Waals surface area contributed by atoms with Crippen LogP contribution in [-0.4, -0.2) is 38.3 Å². The summed E-state index contributed by atoms with van der Waals surface area (Å²) in [6, 6.07) is 7.35. The van der Waals surface area contributed by atoms with Crippen LogP contribution in [0.25, 0.3) is 0 Å². The second-order valence-electron chi connectivity index (χ2n) is 6.08. The van der Waals surface area contributed by atoms with Crippen molar-refractivity contribution in [1.82, 2.24) is 5.43 Å². The van der Waals surface area contributed by atoms with Crippen LogP contribution in [-0.2, 0) is 21.0 Å². The van der Waals surface area contributed by atoms with E-state index in [1.54, 1.807) is 0 Å². The number of rotatable bonds is 7. The van der Waals surface area contributed by atoms with E-state index in [0.29, 0.717) is 22.7 Å². The monoisotopic (exact) mass is 478 g/mol. The minimum Gasteiger partial charge on any atom is -0.271 e. The number of carbonyl (C=O) groups is 1. The smallest absolute Gasteiger partial charge is 0.271 e. The fourth-order valence-corrected chi connectivity index (χ4v) is 3.45. The van der Waals surface area contributed by atoms with Gasteiger partial charge in [0.05, 0.1) is 33.7 Å². The summed E-state index contributed by atoms with van der Waals surface area (Å²) in [5.74, 6) is -0.986. The highest BCUT2D eigenvalue weighted by atomic mass is 35.5. The molecule has 0 aliphatic carbocycles. The van der Waals surface area contributed by atoms with E-state index < -0.39 is 44.8 Å². The third-order valence-electron chi connectivity index (χ3n) is 3.71. The molecule has 31 heavy (non-hydrogen) atoms. The van der Waals surface area contributed by atoms with Gasteiger partial charge in [-0.3, -0.25) is 19.2 Å². The van der Waals surface area contributed by atoms with Crippen molar-refractivity contribution in [2.45, 2.75) is 6.18 Å². The standard InChI is InChI=1S/C17H14ClF3N4O5S/c1-31(29,30)24(15-8-12(17(19,20)21)5-6-14(15)18)10-16(26)23-22-9-11-3-2-4-13(7-11)25(27)28/h2-9H,10H2,1H3,(H,23,26)/b22-9-. The largest absolute Gasteiger partial charge is 0.416 e. The molecule has 1 N–H and O–H groups in total. The van der Waals surface area contributed by atoms with Gasteiger partial charge in [-0.05, 0) is 18.2 Å². The molecule has 0 bridgehead atoms. The summed E-state index contributed by atoms with van der Waals surface area (Å²) in [7, 11) is -4.20. The second-order valence-corrected chi connectivity index (χ2v) is 8.39. The maximum Gasteiger partial charge on any atom is 0.416 e. The van der Waals surface area contributed by atoms with E-state index in [0.717, 1.165) is 12.3 Å². The van der Waals surface area contributed by atoms with Crippen LogP contribution in [0.4, 0.5) is 24.5 Å². The minimum atomic E-state index is -4.76. The van der Waals surface area contributed by atoms with Gasteiger partial charge in [0.25, 0.3) is 11.6 Å². The van der Waals surface area contributed by atoms with Gasteiger partial charge in [-0.2, -0.15) is 18.3 Å². The number of nitro benzene ring substituents is 1. The fraction of sp³-hybridized carbons (Fsp3) is 0.176. The molecule has 0 fully saturated rings. The summed E-state index contributed by atoms with van der Waals surface area (Å²) in [6.07, 6.45) is -2.98. The van der Waals surface area contributed by atoms with E-state index in [9.17, 15) is 36.5 Å². The normalized spacial score (nSPS) is 12.0. The van der Waals surface area contributed by atoms with Crippen molar-refractivity contribution in [3.05, 3.63) is 68.7 Å². The van der Waals surface area contributed by atoms with Gasteiger partial charge in [-0.15, -0.1) is 0 Å². The molecular weight excluding hydrogens is 465 g/mol. The number of sulfonamides is 1. The van der Waals surface area contributed by atoms with Gasteiger partial charge >= 0.3 is 6.18 Å². The molecule has 1 amide bonds. The van der Waals surface area contributed by atoms with Crippen LogP contribution >= 0.6 is 11.6 Å². The molecule has 0 saturated carbocycles. The van der Waals surface area contributed by atoms with Crippen LogP contribution in [0.15, 0.2) is 47.6 Å². The summed E-state index contributed by atoms with van der Waals surface area (Å²) >= 11 is 5.87. The van der Waals surface area contributed by atoms with Gasteiger partial charge < -0.3 is 0 Å². The number of benzene rings is 2. The van der Waals surface area contributed by atoms with Crippen molar-refractivity contribution in [2.24, 2.45) is 5.10 Å². The number of carbonyl (C=O) groups excluding carboxylic acids is 1. The zero-order valence-corrected chi connectivity index (χ0v) is 17.2. The first-order chi connectivity index (χ1) is 14.3. The van der Waals surface area contributed by atoms with Crippen molar-refractivity contribution < 1.29 is 31.3 Å². The molecular formula is C17H14ClF3N4O5S. The van der Waals surface area contributed by atoms with Crippen LogP contribution in [0.2, 0.25) is 5.02 Å². The lowest BCUT2D eigenvalue weighted by atomic mass is 10.2. The van der Waals surface area contributed by atoms with E-state index in [2.05, 4.69) is 5.10 Å². The van der Waals surface area contributed by atoms with Crippen molar-refractivity contribution in [1.29, 1.82) is 0 Å². The van der Waals surface area contributed by atoms with Crippen LogP contribution in [0.1, 0.15) is 11.1 Å². The summed E-state index contributed by atoms with van der Waals surface area (Å²) in [5.41, 5.74) is 0.390. The van der Waals surface area contributed by atoms with Gasteiger partial charge in [-0.1, -0.05) is 23.7 Å². The number of hydrogen-bond donors (Lipinski definition) is 1. The molecule has 0 aromatic heterocycles. The summed E-state index contributed by atoms with van der Waals surface area (Å²) in [6.45, 7) is -0.911.